The lowest BCUT2D eigenvalue weighted by molar-refractivity contribution is -0.286. The number of halogens is 2. The molecule has 1 fully saturated rings. The highest BCUT2D eigenvalue weighted by Crippen LogP contribution is 2.42. The average Bonchev–Trinajstić information content (AvgIpc) is 3.18. The number of imide groups is 1. The van der Waals surface area contributed by atoms with Crippen LogP contribution >= 0.6 is 0 Å². The highest BCUT2D eigenvalue weighted by Gasteiger charge is 2.55. The van der Waals surface area contributed by atoms with Gasteiger partial charge in [-0.15, -0.1) is 8.78 Å². The van der Waals surface area contributed by atoms with Gasteiger partial charge in [-0.1, -0.05) is 19.9 Å². The Morgan fingerprint density at radius 3 is 2.54 bits per heavy atom. The maximum absolute atomic E-state index is 13.3. The summed E-state index contributed by atoms with van der Waals surface area (Å²) in [7, 11) is 0. The van der Waals surface area contributed by atoms with E-state index in [0.29, 0.717) is 16.9 Å². The monoisotopic (exact) mass is 546 g/mol. The van der Waals surface area contributed by atoms with Crippen LogP contribution in [0, 0.1) is 11.8 Å². The summed E-state index contributed by atoms with van der Waals surface area (Å²) >= 11 is 0. The van der Waals surface area contributed by atoms with Gasteiger partial charge in [0.15, 0.2) is 17.5 Å². The van der Waals surface area contributed by atoms with E-state index in [1.807, 2.05) is 0 Å². The number of rotatable bonds is 8. The number of anilines is 1. The molecule has 11 nitrogen and oxygen atoms in total. The van der Waals surface area contributed by atoms with E-state index in [0.717, 1.165) is 4.90 Å². The van der Waals surface area contributed by atoms with Gasteiger partial charge in [0.05, 0.1) is 18.6 Å². The second-order valence-corrected chi connectivity index (χ2v) is 9.45. The van der Waals surface area contributed by atoms with Crippen molar-refractivity contribution < 1.29 is 42.2 Å². The first kappa shape index (κ1) is 27.7. The molecule has 0 spiro atoms. The summed E-state index contributed by atoms with van der Waals surface area (Å²) in [5, 5.41) is 5.29. The van der Waals surface area contributed by atoms with Gasteiger partial charge in [0, 0.05) is 12.1 Å². The highest BCUT2D eigenvalue weighted by molar-refractivity contribution is 6.08. The van der Waals surface area contributed by atoms with E-state index >= 15 is 0 Å². The van der Waals surface area contributed by atoms with Crippen molar-refractivity contribution in [2.45, 2.75) is 52.5 Å². The van der Waals surface area contributed by atoms with Crippen molar-refractivity contribution >= 4 is 29.6 Å². The smallest absolute Gasteiger partial charge is 0.464 e. The zero-order valence-corrected chi connectivity index (χ0v) is 21.7. The lowest BCUT2D eigenvalue weighted by Gasteiger charge is -2.44. The molecule has 13 heteroatoms. The number of alkyl halides is 2. The van der Waals surface area contributed by atoms with E-state index in [9.17, 15) is 28.0 Å². The molecule has 4 rings (SSSR count). The normalized spacial score (nSPS) is 19.8. The third-order valence-electron chi connectivity index (χ3n) is 6.28. The van der Waals surface area contributed by atoms with Gasteiger partial charge < -0.3 is 24.8 Å². The molecule has 3 atom stereocenters. The molecule has 0 bridgehead atoms. The number of likely N-dealkylation sites (tertiary alicyclic amines) is 1. The van der Waals surface area contributed by atoms with E-state index in [1.54, 1.807) is 39.8 Å². The maximum atomic E-state index is 13.3. The Balaban J connectivity index is 1.47. The molecule has 208 valence electrons. The topological polar surface area (TPSA) is 136 Å². The van der Waals surface area contributed by atoms with Crippen LogP contribution in [-0.2, 0) is 25.5 Å². The van der Waals surface area contributed by atoms with Crippen LogP contribution in [0.4, 0.5) is 19.4 Å². The van der Waals surface area contributed by atoms with Gasteiger partial charge in [-0.2, -0.15) is 0 Å². The third kappa shape index (κ3) is 5.91. The van der Waals surface area contributed by atoms with Crippen molar-refractivity contribution in [3.63, 3.8) is 0 Å². The number of aromatic nitrogens is 1. The summed E-state index contributed by atoms with van der Waals surface area (Å²) < 4.78 is 40.6. The van der Waals surface area contributed by atoms with E-state index in [4.69, 9.17) is 4.74 Å². The molecule has 3 heterocycles. The zero-order chi connectivity index (χ0) is 28.5. The summed E-state index contributed by atoms with van der Waals surface area (Å²) in [6.45, 7) is 6.71. The number of benzene rings is 1. The molecule has 0 radical (unpaired) electrons. The van der Waals surface area contributed by atoms with Gasteiger partial charge in [0.1, 0.15) is 5.82 Å². The molecule has 39 heavy (non-hydrogen) atoms. The molecule has 2 aliphatic rings. The first-order chi connectivity index (χ1) is 18.4. The van der Waals surface area contributed by atoms with Crippen molar-refractivity contribution in [1.29, 1.82) is 0 Å². The summed E-state index contributed by atoms with van der Waals surface area (Å²) in [4.78, 5) is 55.8. The first-order valence-electron chi connectivity index (χ1n) is 12.4. The average molecular weight is 547 g/mol. The fraction of sp³-hybridized carbons (Fsp3) is 0.423. The minimum Gasteiger partial charge on any atom is -0.464 e. The molecule has 1 aromatic carbocycles. The summed E-state index contributed by atoms with van der Waals surface area (Å²) in [5.74, 6) is -2.73. The lowest BCUT2D eigenvalue weighted by Crippen LogP contribution is -2.69. The Bertz CT molecular complexity index is 1300. The van der Waals surface area contributed by atoms with Crippen molar-refractivity contribution in [2.24, 2.45) is 11.8 Å². The van der Waals surface area contributed by atoms with E-state index < -0.39 is 42.2 Å². The number of carbonyl (C=O) groups is 4. The number of nitrogens with zero attached hydrogens (tertiary/aromatic N) is 2. The van der Waals surface area contributed by atoms with E-state index in [2.05, 4.69) is 25.1 Å². The van der Waals surface area contributed by atoms with Crippen molar-refractivity contribution in [3.8, 4) is 11.5 Å². The standard InChI is InChI=1S/C26H28F2N4O7/c1-5-37-24(35)21-17(10-15-8-9-29-20(11-15)31-22(33)13(2)3)23(34)32(21)25(36)30-14(4)16-6-7-18-19(12-16)39-26(27,28)38-18/h6-9,11-14,17,21H,5,10H2,1-4H3,(H,30,36)(H,29,31,33)/t14-,17?,21+/m1/s1. The summed E-state index contributed by atoms with van der Waals surface area (Å²) in [6, 6.07) is 4.54. The number of β-lactam (4-membered cyclic amide) rings is 1. The Hall–Kier alpha value is -4.29. The quantitative estimate of drug-likeness (QED) is 0.380. The Morgan fingerprint density at radius 1 is 1.13 bits per heavy atom. The molecule has 1 saturated heterocycles. The predicted molar refractivity (Wildman–Crippen MR) is 132 cm³/mol. The van der Waals surface area contributed by atoms with E-state index in [1.165, 1.54) is 24.4 Å². The van der Waals surface area contributed by atoms with Gasteiger partial charge in [-0.05, 0) is 55.7 Å². The largest absolute Gasteiger partial charge is 0.586 e. The van der Waals surface area contributed by atoms with Crippen molar-refractivity contribution in [3.05, 3.63) is 47.7 Å². The van der Waals surface area contributed by atoms with Gasteiger partial charge in [0.25, 0.3) is 0 Å². The summed E-state index contributed by atoms with van der Waals surface area (Å²) in [6.07, 6.45) is -2.21. The van der Waals surface area contributed by atoms with Gasteiger partial charge >= 0.3 is 18.3 Å². The molecule has 0 aliphatic carbocycles. The SMILES string of the molecule is CCOC(=O)[C@@H]1C(Cc2ccnc(NC(=O)C(C)C)c2)C(=O)N1C(=O)N[C@H](C)c1ccc2c(c1)OC(F)(F)O2. The first-order valence-corrected chi connectivity index (χ1v) is 12.4. The fourth-order valence-electron chi connectivity index (χ4n) is 4.24. The van der Waals surface area contributed by atoms with Crippen LogP contribution in [0.2, 0.25) is 0 Å². The molecule has 4 amide bonds. The lowest BCUT2D eigenvalue weighted by atomic mass is 9.82. The van der Waals surface area contributed by atoms with Crippen LogP contribution in [0.5, 0.6) is 11.5 Å². The molecule has 0 saturated carbocycles. The van der Waals surface area contributed by atoms with Crippen molar-refractivity contribution in [2.75, 3.05) is 11.9 Å². The Morgan fingerprint density at radius 2 is 1.85 bits per heavy atom. The van der Waals surface area contributed by atoms with Gasteiger partial charge in [-0.25, -0.2) is 19.5 Å². The number of hydrogen-bond donors (Lipinski definition) is 2. The number of esters is 1. The molecular weight excluding hydrogens is 518 g/mol. The molecule has 2 aliphatic heterocycles. The molecule has 2 N–H and O–H groups in total. The van der Waals surface area contributed by atoms with Crippen LogP contribution in [0.1, 0.15) is 44.9 Å². The minimum absolute atomic E-state index is 0.0462. The number of hydrogen-bond acceptors (Lipinski definition) is 8. The number of carbonyl (C=O) groups excluding carboxylic acids is 4. The number of nitrogens with one attached hydrogen (secondary N) is 2. The minimum atomic E-state index is -3.78. The zero-order valence-electron chi connectivity index (χ0n) is 21.7. The Kier molecular flexibility index (Phi) is 7.70. The van der Waals surface area contributed by atoms with Crippen LogP contribution in [0.15, 0.2) is 36.5 Å². The van der Waals surface area contributed by atoms with Crippen LogP contribution in [0.25, 0.3) is 0 Å². The fourth-order valence-corrected chi connectivity index (χ4v) is 4.24. The highest BCUT2D eigenvalue weighted by atomic mass is 19.3. The third-order valence-corrected chi connectivity index (χ3v) is 6.28. The molecule has 1 unspecified atom stereocenters. The summed E-state index contributed by atoms with van der Waals surface area (Å²) in [5.41, 5.74) is 1.04. The van der Waals surface area contributed by atoms with Crippen LogP contribution < -0.4 is 20.1 Å². The van der Waals surface area contributed by atoms with Crippen LogP contribution in [0.3, 0.4) is 0 Å². The molecule has 1 aromatic heterocycles. The Labute approximate surface area is 222 Å². The van der Waals surface area contributed by atoms with E-state index in [-0.39, 0.29) is 36.4 Å². The van der Waals surface area contributed by atoms with Gasteiger partial charge in [0.2, 0.25) is 11.8 Å². The molecular formula is C26H28F2N4O7. The number of urea groups is 1. The van der Waals surface area contributed by atoms with Gasteiger partial charge in [-0.3, -0.25) is 9.59 Å². The second-order valence-electron chi connectivity index (χ2n) is 9.45. The maximum Gasteiger partial charge on any atom is 0.586 e. The van der Waals surface area contributed by atoms with Crippen molar-refractivity contribution in [1.82, 2.24) is 15.2 Å². The molecule has 2 aromatic rings. The number of amides is 4. The van der Waals surface area contributed by atoms with Crippen LogP contribution in [-0.4, -0.2) is 52.6 Å². The number of ether oxygens (including phenoxy) is 3. The predicted octanol–water partition coefficient (Wildman–Crippen LogP) is 3.40. The number of fused-ring (bicyclic) bond motifs is 1. The number of pyridine rings is 1. The second kappa shape index (κ2) is 10.8.